The fraction of sp³-hybridized carbons (Fsp3) is 0. The number of hydrogen-bond donors (Lipinski definition) is 0. The van der Waals surface area contributed by atoms with E-state index in [9.17, 15) is 0 Å². The van der Waals surface area contributed by atoms with Crippen molar-refractivity contribution in [1.29, 1.82) is 0 Å². The molecule has 2 heterocycles. The van der Waals surface area contributed by atoms with Gasteiger partial charge in [-0.2, -0.15) is 0 Å². The van der Waals surface area contributed by atoms with Crippen LogP contribution in [-0.4, -0.2) is 0 Å². The van der Waals surface area contributed by atoms with Gasteiger partial charge in [0.15, 0.2) is 0 Å². The van der Waals surface area contributed by atoms with Crippen molar-refractivity contribution in [2.24, 2.45) is 0 Å². The second kappa shape index (κ2) is 9.87. The fourth-order valence-electron chi connectivity index (χ4n) is 8.73. The third kappa shape index (κ3) is 3.67. The Morgan fingerprint density at radius 2 is 0.980 bits per heavy atom. The lowest BCUT2D eigenvalue weighted by molar-refractivity contribution is 0.669. The van der Waals surface area contributed by atoms with E-state index in [2.05, 4.69) is 157 Å². The van der Waals surface area contributed by atoms with Crippen molar-refractivity contribution in [3.8, 4) is 22.3 Å². The molecule has 0 fully saturated rings. The maximum absolute atomic E-state index is 6.82. The van der Waals surface area contributed by atoms with Crippen LogP contribution >= 0.6 is 0 Å². The number of nitrogens with zero attached hydrogens (tertiary/aromatic N) is 1. The van der Waals surface area contributed by atoms with Crippen molar-refractivity contribution < 1.29 is 8.83 Å². The number of hydrogen-bond acceptors (Lipinski definition) is 3. The second-order valence-corrected chi connectivity index (χ2v) is 13.6. The summed E-state index contributed by atoms with van der Waals surface area (Å²) in [6.45, 7) is 0. The summed E-state index contributed by atoms with van der Waals surface area (Å²) >= 11 is 0. The third-order valence-corrected chi connectivity index (χ3v) is 10.9. The summed E-state index contributed by atoms with van der Waals surface area (Å²) in [5.41, 5.74) is 11.5. The van der Waals surface area contributed by atoms with Crippen molar-refractivity contribution in [1.82, 2.24) is 0 Å². The molecule has 0 atom stereocenters. The van der Waals surface area contributed by atoms with Gasteiger partial charge in [-0.05, 0) is 80.2 Å². The Kier molecular flexibility index (Phi) is 5.23. The quantitative estimate of drug-likeness (QED) is 0.178. The maximum atomic E-state index is 6.82. The average molecular weight is 650 g/mol. The Bertz CT molecular complexity index is 3240. The number of fused-ring (bicyclic) bond motifs is 4. The molecule has 0 aliphatic heterocycles. The molecule has 3 nitrogen and oxygen atoms in total. The van der Waals surface area contributed by atoms with E-state index < -0.39 is 0 Å². The van der Waals surface area contributed by atoms with Gasteiger partial charge in [0, 0.05) is 55.8 Å². The Morgan fingerprint density at radius 1 is 0.333 bits per heavy atom. The van der Waals surface area contributed by atoms with Gasteiger partial charge in [0.25, 0.3) is 0 Å². The van der Waals surface area contributed by atoms with E-state index in [1.165, 1.54) is 65.3 Å². The molecule has 236 valence electrons. The topological polar surface area (TPSA) is 29.5 Å². The molecule has 0 amide bonds. The summed E-state index contributed by atoms with van der Waals surface area (Å²) < 4.78 is 13.3. The maximum Gasteiger partial charge on any atom is 0.138 e. The van der Waals surface area contributed by atoms with Gasteiger partial charge in [0.1, 0.15) is 22.3 Å². The van der Waals surface area contributed by atoms with Crippen LogP contribution in [0.15, 0.2) is 173 Å². The van der Waals surface area contributed by atoms with E-state index in [0.717, 1.165) is 50.2 Å². The summed E-state index contributed by atoms with van der Waals surface area (Å²) in [5, 5.41) is 12.0. The van der Waals surface area contributed by atoms with Crippen LogP contribution in [-0.2, 0) is 0 Å². The van der Waals surface area contributed by atoms with Crippen molar-refractivity contribution in [3.63, 3.8) is 0 Å². The predicted octanol–water partition coefficient (Wildman–Crippen LogP) is 14.1. The smallest absolute Gasteiger partial charge is 0.138 e. The highest BCUT2D eigenvalue weighted by Gasteiger charge is 2.27. The molecule has 3 heteroatoms. The molecular formula is C48H27NO2. The van der Waals surface area contributed by atoms with Crippen molar-refractivity contribution in [3.05, 3.63) is 164 Å². The minimum atomic E-state index is 0.859. The standard InChI is InChI=1S/C48H27NO2/c1-2-8-28(9-3-1)29-18-21-32(22-19-29)49(33-23-25-35-34-11-4-5-14-40(34)50-42(35)26-33)39-27-43-48-46-37(13-7-15-41(46)51-43)36-12-6-10-30-16-17-31-20-24-38(39)47(48)45(31)44(30)36/h1-27H. The normalized spacial score (nSPS) is 12.3. The Balaban J connectivity index is 1.21. The van der Waals surface area contributed by atoms with E-state index in [1.54, 1.807) is 0 Å². The highest BCUT2D eigenvalue weighted by Crippen LogP contribution is 2.52. The SMILES string of the molecule is c1ccc(-c2ccc(N(c3ccc4c(c3)oc3ccccc34)c3cc4oc5cccc6c5c4c4c3ccc3ccc5cccc-6c5c34)cc2)cc1. The van der Waals surface area contributed by atoms with E-state index >= 15 is 0 Å². The molecular weight excluding hydrogens is 623 g/mol. The lowest BCUT2D eigenvalue weighted by atomic mass is 9.92. The molecule has 1 aliphatic carbocycles. The molecule has 0 saturated heterocycles. The predicted molar refractivity (Wildman–Crippen MR) is 213 cm³/mol. The molecule has 51 heavy (non-hydrogen) atoms. The first-order valence-electron chi connectivity index (χ1n) is 17.4. The van der Waals surface area contributed by atoms with Gasteiger partial charge >= 0.3 is 0 Å². The van der Waals surface area contributed by atoms with E-state index in [0.29, 0.717) is 0 Å². The molecule has 0 bridgehead atoms. The molecule has 0 unspecified atom stereocenters. The fourth-order valence-corrected chi connectivity index (χ4v) is 8.73. The molecule has 0 spiro atoms. The van der Waals surface area contributed by atoms with Crippen molar-refractivity contribution in [2.45, 2.75) is 0 Å². The zero-order valence-corrected chi connectivity index (χ0v) is 27.4. The van der Waals surface area contributed by atoms with E-state index in [-0.39, 0.29) is 0 Å². The van der Waals surface area contributed by atoms with Gasteiger partial charge in [-0.25, -0.2) is 0 Å². The lowest BCUT2D eigenvalue weighted by Gasteiger charge is -2.27. The number of furan rings is 2. The van der Waals surface area contributed by atoms with Crippen molar-refractivity contribution >= 4 is 93.3 Å². The summed E-state index contributed by atoms with van der Waals surface area (Å²) in [7, 11) is 0. The van der Waals surface area contributed by atoms with Gasteiger partial charge < -0.3 is 13.7 Å². The summed E-state index contributed by atoms with van der Waals surface area (Å²) in [6.07, 6.45) is 0. The van der Waals surface area contributed by atoms with Crippen LogP contribution in [0, 0.1) is 0 Å². The summed E-state index contributed by atoms with van der Waals surface area (Å²) in [5.74, 6) is 0. The van der Waals surface area contributed by atoms with Crippen LogP contribution in [0.1, 0.15) is 0 Å². The Hall–Kier alpha value is -6.84. The van der Waals surface area contributed by atoms with Gasteiger partial charge in [-0.15, -0.1) is 0 Å². The Labute approximate surface area is 292 Å². The highest BCUT2D eigenvalue weighted by atomic mass is 16.3. The van der Waals surface area contributed by atoms with Crippen LogP contribution < -0.4 is 4.90 Å². The molecule has 12 rings (SSSR count). The lowest BCUT2D eigenvalue weighted by Crippen LogP contribution is -2.10. The van der Waals surface area contributed by atoms with E-state index in [4.69, 9.17) is 8.83 Å². The zero-order valence-electron chi connectivity index (χ0n) is 27.4. The molecule has 0 N–H and O–H groups in total. The van der Waals surface area contributed by atoms with Crippen molar-refractivity contribution in [2.75, 3.05) is 4.90 Å². The number of rotatable bonds is 4. The first kappa shape index (κ1) is 27.0. The average Bonchev–Trinajstić information content (AvgIpc) is 3.72. The summed E-state index contributed by atoms with van der Waals surface area (Å²) in [6, 6.07) is 58.8. The second-order valence-electron chi connectivity index (χ2n) is 13.6. The zero-order chi connectivity index (χ0) is 33.2. The van der Waals surface area contributed by atoms with Crippen LogP contribution in [0.2, 0.25) is 0 Å². The number of benzene rings is 9. The van der Waals surface area contributed by atoms with Crippen LogP contribution in [0.25, 0.3) is 98.4 Å². The molecule has 2 aromatic heterocycles. The largest absolute Gasteiger partial charge is 0.456 e. The molecule has 11 aromatic rings. The van der Waals surface area contributed by atoms with Gasteiger partial charge in [0.05, 0.1) is 5.69 Å². The van der Waals surface area contributed by atoms with Gasteiger partial charge in [0.2, 0.25) is 0 Å². The van der Waals surface area contributed by atoms with Crippen LogP contribution in [0.5, 0.6) is 0 Å². The molecule has 1 aliphatic rings. The van der Waals surface area contributed by atoms with Gasteiger partial charge in [-0.3, -0.25) is 0 Å². The highest BCUT2D eigenvalue weighted by molar-refractivity contribution is 6.39. The molecule has 0 radical (unpaired) electrons. The third-order valence-electron chi connectivity index (χ3n) is 10.9. The van der Waals surface area contributed by atoms with E-state index in [1.807, 2.05) is 12.1 Å². The Morgan fingerprint density at radius 3 is 1.86 bits per heavy atom. The monoisotopic (exact) mass is 649 g/mol. The summed E-state index contributed by atoms with van der Waals surface area (Å²) in [4.78, 5) is 2.37. The molecule has 9 aromatic carbocycles. The van der Waals surface area contributed by atoms with Crippen LogP contribution in [0.4, 0.5) is 17.1 Å². The minimum Gasteiger partial charge on any atom is -0.456 e. The first-order valence-corrected chi connectivity index (χ1v) is 17.4. The molecule has 0 saturated carbocycles. The first-order chi connectivity index (χ1) is 25.3. The van der Waals surface area contributed by atoms with Crippen LogP contribution in [0.3, 0.4) is 0 Å². The number of anilines is 3. The number of para-hydroxylation sites is 1. The van der Waals surface area contributed by atoms with Gasteiger partial charge in [-0.1, -0.05) is 115 Å². The minimum absolute atomic E-state index is 0.859.